The molecule has 136 valence electrons. The van der Waals surface area contributed by atoms with Crippen molar-refractivity contribution in [2.45, 2.75) is 12.7 Å². The molecule has 0 spiro atoms. The summed E-state index contributed by atoms with van der Waals surface area (Å²) >= 11 is 0. The second-order valence-electron chi connectivity index (χ2n) is 5.09. The summed E-state index contributed by atoms with van der Waals surface area (Å²) in [5, 5.41) is 3.34. The zero-order valence-corrected chi connectivity index (χ0v) is 13.4. The average Bonchev–Trinajstić information content (AvgIpc) is 2.95. The van der Waals surface area contributed by atoms with Crippen LogP contribution in [0.5, 0.6) is 5.75 Å². The maximum Gasteiger partial charge on any atom is 0.435 e. The molecule has 1 aromatic carbocycles. The van der Waals surface area contributed by atoms with E-state index in [2.05, 4.69) is 16.5 Å². The van der Waals surface area contributed by atoms with Crippen LogP contribution in [-0.2, 0) is 12.7 Å². The molecule has 2 rings (SSSR count). The molecule has 0 radical (unpaired) electrons. The van der Waals surface area contributed by atoms with Gasteiger partial charge in [-0.1, -0.05) is 18.7 Å². The number of halogens is 4. The third-order valence-corrected chi connectivity index (χ3v) is 3.39. The Labute approximate surface area is 144 Å². The Hall–Kier alpha value is -3.26. The standard InChI is InChI=1S/C16H12F4N4O2/c1-9(17)13-14(12(25)7-22-21)24(23-15(13)16(18,19)20)8-10-3-5-11(26-2)6-4-10/h3-7H,1,8H2,2H3. The van der Waals surface area contributed by atoms with Gasteiger partial charge in [-0.15, -0.1) is 0 Å². The molecule has 0 unspecified atom stereocenters. The van der Waals surface area contributed by atoms with E-state index in [9.17, 15) is 22.4 Å². The number of benzene rings is 1. The lowest BCUT2D eigenvalue weighted by Gasteiger charge is -2.06. The van der Waals surface area contributed by atoms with Crippen LogP contribution in [0.4, 0.5) is 17.6 Å². The van der Waals surface area contributed by atoms with E-state index >= 15 is 0 Å². The van der Waals surface area contributed by atoms with E-state index in [1.807, 2.05) is 0 Å². The lowest BCUT2D eigenvalue weighted by Crippen LogP contribution is -2.14. The largest absolute Gasteiger partial charge is 0.497 e. The van der Waals surface area contributed by atoms with E-state index in [-0.39, 0.29) is 6.54 Å². The minimum atomic E-state index is -5.01. The molecule has 0 saturated carbocycles. The summed E-state index contributed by atoms with van der Waals surface area (Å²) in [4.78, 5) is 14.5. The van der Waals surface area contributed by atoms with Crippen molar-refractivity contribution in [3.05, 3.63) is 58.9 Å². The monoisotopic (exact) mass is 368 g/mol. The van der Waals surface area contributed by atoms with E-state index in [0.29, 0.717) is 22.2 Å². The number of ketones is 1. The molecular formula is C16H12F4N4O2. The number of hydrogen-bond acceptors (Lipinski definition) is 3. The Bertz CT molecular complexity index is 894. The van der Waals surface area contributed by atoms with Crippen LogP contribution in [0.3, 0.4) is 0 Å². The molecule has 1 aromatic heterocycles. The van der Waals surface area contributed by atoms with Gasteiger partial charge < -0.3 is 10.3 Å². The van der Waals surface area contributed by atoms with Crippen molar-refractivity contribution in [1.29, 1.82) is 0 Å². The molecule has 0 aliphatic carbocycles. The van der Waals surface area contributed by atoms with Crippen LogP contribution in [0.2, 0.25) is 0 Å². The molecular weight excluding hydrogens is 356 g/mol. The third kappa shape index (κ3) is 3.86. The molecule has 0 atom stereocenters. The van der Waals surface area contributed by atoms with Crippen LogP contribution in [0, 0.1) is 0 Å². The molecule has 0 fully saturated rings. The number of alkyl halides is 3. The van der Waals surface area contributed by atoms with Crippen LogP contribution >= 0.6 is 0 Å². The first-order valence-corrected chi connectivity index (χ1v) is 7.06. The minimum absolute atomic E-state index is 0.263. The number of hydrogen-bond donors (Lipinski definition) is 0. The number of Topliss-reactive ketones (excluding diaryl/α,β-unsaturated/α-hetero) is 1. The molecule has 0 bridgehead atoms. The number of carbonyl (C=O) groups is 1. The first-order chi connectivity index (χ1) is 12.2. The van der Waals surface area contributed by atoms with Gasteiger partial charge in [0.15, 0.2) is 5.69 Å². The van der Waals surface area contributed by atoms with Crippen LogP contribution in [0.1, 0.15) is 27.3 Å². The van der Waals surface area contributed by atoms with Crippen molar-refractivity contribution < 1.29 is 31.9 Å². The fourth-order valence-electron chi connectivity index (χ4n) is 2.30. The molecule has 0 saturated heterocycles. The second kappa shape index (κ2) is 7.32. The summed E-state index contributed by atoms with van der Waals surface area (Å²) in [6.07, 6.45) is -4.66. The van der Waals surface area contributed by atoms with Crippen molar-refractivity contribution in [3.8, 4) is 5.75 Å². The molecule has 0 aliphatic rings. The summed E-state index contributed by atoms with van der Waals surface area (Å²) in [5.74, 6) is -2.11. The van der Waals surface area contributed by atoms with E-state index < -0.39 is 34.7 Å². The fourth-order valence-corrected chi connectivity index (χ4v) is 2.30. The maximum atomic E-state index is 13.7. The molecule has 2 aromatic rings. The SMILES string of the molecule is C=C(F)c1c(C(F)(F)F)nn(Cc2ccc(OC)cc2)c1C(=O)C=[N+]=[N-]. The number of carbonyl (C=O) groups excluding carboxylic acids is 1. The second-order valence-corrected chi connectivity index (χ2v) is 5.09. The van der Waals surface area contributed by atoms with Gasteiger partial charge in [0.05, 0.1) is 19.2 Å². The summed E-state index contributed by atoms with van der Waals surface area (Å²) in [7, 11) is 1.45. The summed E-state index contributed by atoms with van der Waals surface area (Å²) < 4.78 is 59.0. The van der Waals surface area contributed by atoms with Gasteiger partial charge in [0.1, 0.15) is 17.3 Å². The molecule has 0 aliphatic heterocycles. The van der Waals surface area contributed by atoms with E-state index in [1.54, 1.807) is 24.3 Å². The van der Waals surface area contributed by atoms with Crippen molar-refractivity contribution in [1.82, 2.24) is 9.78 Å². The fraction of sp³-hybridized carbons (Fsp3) is 0.188. The van der Waals surface area contributed by atoms with Gasteiger partial charge in [0.2, 0.25) is 0 Å². The number of nitrogens with zero attached hydrogens (tertiary/aromatic N) is 4. The highest BCUT2D eigenvalue weighted by molar-refractivity contribution is 6.33. The zero-order valence-electron chi connectivity index (χ0n) is 13.4. The minimum Gasteiger partial charge on any atom is -0.497 e. The highest BCUT2D eigenvalue weighted by Gasteiger charge is 2.41. The predicted molar refractivity (Wildman–Crippen MR) is 83.5 cm³/mol. The lowest BCUT2D eigenvalue weighted by molar-refractivity contribution is -0.141. The Morgan fingerprint density at radius 3 is 2.46 bits per heavy atom. The first kappa shape index (κ1) is 19.1. The Balaban J connectivity index is 2.64. The van der Waals surface area contributed by atoms with Crippen molar-refractivity contribution in [3.63, 3.8) is 0 Å². The Kier molecular flexibility index (Phi) is 5.37. The molecule has 0 amide bonds. The van der Waals surface area contributed by atoms with Gasteiger partial charge >= 0.3 is 12.4 Å². The average molecular weight is 368 g/mol. The first-order valence-electron chi connectivity index (χ1n) is 7.06. The molecule has 1 heterocycles. The van der Waals surface area contributed by atoms with Crippen molar-refractivity contribution in [2.24, 2.45) is 0 Å². The van der Waals surface area contributed by atoms with Gasteiger partial charge in [-0.2, -0.15) is 23.1 Å². The van der Waals surface area contributed by atoms with Crippen LogP contribution < -0.4 is 4.74 Å². The van der Waals surface area contributed by atoms with Crippen LogP contribution in [0.15, 0.2) is 30.8 Å². The normalized spacial score (nSPS) is 11.0. The Morgan fingerprint density at radius 1 is 1.38 bits per heavy atom. The highest BCUT2D eigenvalue weighted by Crippen LogP contribution is 2.36. The predicted octanol–water partition coefficient (Wildman–Crippen LogP) is 3.38. The van der Waals surface area contributed by atoms with Gasteiger partial charge in [-0.05, 0) is 17.7 Å². The van der Waals surface area contributed by atoms with Gasteiger partial charge in [0.25, 0.3) is 5.78 Å². The van der Waals surface area contributed by atoms with Gasteiger partial charge in [0, 0.05) is 0 Å². The van der Waals surface area contributed by atoms with Gasteiger partial charge in [-0.25, -0.2) is 4.39 Å². The topological polar surface area (TPSA) is 80.5 Å². The Morgan fingerprint density at radius 2 is 2.00 bits per heavy atom. The smallest absolute Gasteiger partial charge is 0.435 e. The number of rotatable bonds is 6. The maximum absolute atomic E-state index is 13.7. The molecule has 26 heavy (non-hydrogen) atoms. The van der Waals surface area contributed by atoms with Crippen molar-refractivity contribution >= 4 is 17.8 Å². The number of aromatic nitrogens is 2. The van der Waals surface area contributed by atoms with Crippen LogP contribution in [0.25, 0.3) is 11.4 Å². The lowest BCUT2D eigenvalue weighted by atomic mass is 10.1. The molecule has 6 nitrogen and oxygen atoms in total. The molecule has 0 N–H and O–H groups in total. The summed E-state index contributed by atoms with van der Waals surface area (Å²) in [5.41, 5.74) is 5.58. The number of methoxy groups -OCH3 is 1. The summed E-state index contributed by atoms with van der Waals surface area (Å²) in [6, 6.07) is 6.22. The zero-order chi connectivity index (χ0) is 19.5. The van der Waals surface area contributed by atoms with Crippen LogP contribution in [-0.4, -0.2) is 33.7 Å². The number of ether oxygens (including phenoxy) is 1. The summed E-state index contributed by atoms with van der Waals surface area (Å²) in [6.45, 7) is 2.59. The quantitative estimate of drug-likeness (QED) is 0.258. The van der Waals surface area contributed by atoms with Gasteiger partial charge in [-0.3, -0.25) is 9.48 Å². The third-order valence-electron chi connectivity index (χ3n) is 3.39. The highest BCUT2D eigenvalue weighted by atomic mass is 19.4. The van der Waals surface area contributed by atoms with E-state index in [1.165, 1.54) is 7.11 Å². The van der Waals surface area contributed by atoms with Crippen molar-refractivity contribution in [2.75, 3.05) is 7.11 Å². The van der Waals surface area contributed by atoms with E-state index in [4.69, 9.17) is 10.3 Å². The molecule has 10 heteroatoms. The van der Waals surface area contributed by atoms with E-state index in [0.717, 1.165) is 0 Å².